The predicted octanol–water partition coefficient (Wildman–Crippen LogP) is 3.96. The summed E-state index contributed by atoms with van der Waals surface area (Å²) in [5.74, 6) is 0.686. The van der Waals surface area contributed by atoms with E-state index in [0.29, 0.717) is 6.54 Å². The maximum atomic E-state index is 12.8. The zero-order chi connectivity index (χ0) is 13.5. The molecule has 6 heteroatoms. The van der Waals surface area contributed by atoms with E-state index in [9.17, 15) is 4.39 Å². The first-order valence-electron chi connectivity index (χ1n) is 5.83. The van der Waals surface area contributed by atoms with E-state index in [1.807, 2.05) is 13.0 Å². The normalized spacial score (nSPS) is 11.1. The summed E-state index contributed by atoms with van der Waals surface area (Å²) in [5, 5.41) is 12.1. The number of halogens is 1. The lowest BCUT2D eigenvalue weighted by Gasteiger charge is -2.01. The van der Waals surface area contributed by atoms with Crippen LogP contribution in [0.15, 0.2) is 40.8 Å². The summed E-state index contributed by atoms with van der Waals surface area (Å²) >= 11 is 3.19. The van der Waals surface area contributed by atoms with Crippen molar-refractivity contribution < 1.29 is 4.39 Å². The molecule has 2 aromatic rings. The Kier molecular flexibility index (Phi) is 5.35. The van der Waals surface area contributed by atoms with Crippen molar-refractivity contribution in [3.8, 4) is 0 Å². The first-order valence-corrected chi connectivity index (χ1v) is 7.64. The highest BCUT2D eigenvalue weighted by Gasteiger charge is 2.03. The van der Waals surface area contributed by atoms with E-state index >= 15 is 0 Å². The van der Waals surface area contributed by atoms with Crippen LogP contribution in [0.1, 0.15) is 12.5 Å². The van der Waals surface area contributed by atoms with Gasteiger partial charge in [-0.25, -0.2) is 4.39 Å². The Hall–Kier alpha value is -1.40. The molecule has 0 radical (unpaired) electrons. The molecule has 0 aliphatic rings. The molecule has 0 saturated carbocycles. The van der Waals surface area contributed by atoms with E-state index in [4.69, 9.17) is 0 Å². The van der Waals surface area contributed by atoms with Crippen LogP contribution in [0.25, 0.3) is 0 Å². The maximum absolute atomic E-state index is 12.8. The van der Waals surface area contributed by atoms with Gasteiger partial charge in [0.1, 0.15) is 5.82 Å². The highest BCUT2D eigenvalue weighted by Crippen LogP contribution is 2.25. The quantitative estimate of drug-likeness (QED) is 0.646. The van der Waals surface area contributed by atoms with Crippen LogP contribution in [0.4, 0.5) is 9.52 Å². The smallest absolute Gasteiger partial charge is 0.206 e. The summed E-state index contributed by atoms with van der Waals surface area (Å²) in [6.07, 6.45) is 4.10. The Morgan fingerprint density at radius 2 is 2.11 bits per heavy atom. The summed E-state index contributed by atoms with van der Waals surface area (Å²) in [5.41, 5.74) is 1.01. The first kappa shape index (κ1) is 14.0. The summed E-state index contributed by atoms with van der Waals surface area (Å²) in [6, 6.07) is 6.42. The van der Waals surface area contributed by atoms with Gasteiger partial charge in [0.2, 0.25) is 5.13 Å². The lowest BCUT2D eigenvalue weighted by atomic mass is 10.2. The van der Waals surface area contributed by atoms with E-state index in [0.717, 1.165) is 20.8 Å². The molecular weight excluding hydrogens is 281 g/mol. The van der Waals surface area contributed by atoms with Crippen molar-refractivity contribution in [1.82, 2.24) is 10.2 Å². The largest absolute Gasteiger partial charge is 0.356 e. The second kappa shape index (κ2) is 7.25. The van der Waals surface area contributed by atoms with Crippen LogP contribution in [0.5, 0.6) is 0 Å². The first-order chi connectivity index (χ1) is 9.28. The molecule has 1 heterocycles. The van der Waals surface area contributed by atoms with Gasteiger partial charge in [-0.1, -0.05) is 47.4 Å². The van der Waals surface area contributed by atoms with Gasteiger partial charge in [-0.05, 0) is 24.6 Å². The topological polar surface area (TPSA) is 37.8 Å². The number of nitrogens with zero attached hydrogens (tertiary/aromatic N) is 2. The Balaban J connectivity index is 1.84. The number of allylic oxidation sites excluding steroid dienone is 1. The lowest BCUT2D eigenvalue weighted by Crippen LogP contribution is -1.98. The van der Waals surface area contributed by atoms with Gasteiger partial charge in [-0.3, -0.25) is 0 Å². The molecule has 1 aromatic carbocycles. The van der Waals surface area contributed by atoms with Crippen LogP contribution in [-0.2, 0) is 6.54 Å². The van der Waals surface area contributed by atoms with Crippen molar-refractivity contribution >= 4 is 28.2 Å². The Morgan fingerprint density at radius 3 is 2.84 bits per heavy atom. The molecule has 0 spiro atoms. The number of thioether (sulfide) groups is 1. The molecule has 0 amide bonds. The highest BCUT2D eigenvalue weighted by atomic mass is 32.2. The van der Waals surface area contributed by atoms with Crippen LogP contribution >= 0.6 is 23.1 Å². The van der Waals surface area contributed by atoms with Crippen LogP contribution in [0.3, 0.4) is 0 Å². The van der Waals surface area contributed by atoms with E-state index in [2.05, 4.69) is 21.6 Å². The molecule has 0 fully saturated rings. The van der Waals surface area contributed by atoms with Gasteiger partial charge in [-0.15, -0.1) is 10.2 Å². The van der Waals surface area contributed by atoms with Crippen LogP contribution in [0, 0.1) is 5.82 Å². The maximum Gasteiger partial charge on any atom is 0.206 e. The lowest BCUT2D eigenvalue weighted by molar-refractivity contribution is 0.627. The van der Waals surface area contributed by atoms with Crippen molar-refractivity contribution in [3.05, 3.63) is 47.8 Å². The molecule has 100 valence electrons. The third kappa shape index (κ3) is 4.65. The fourth-order valence-corrected chi connectivity index (χ4v) is 3.01. The fraction of sp³-hybridized carbons (Fsp3) is 0.231. The zero-order valence-electron chi connectivity index (χ0n) is 10.5. The van der Waals surface area contributed by atoms with Gasteiger partial charge in [0, 0.05) is 12.3 Å². The summed E-state index contributed by atoms with van der Waals surface area (Å²) in [7, 11) is 0. The molecule has 19 heavy (non-hydrogen) atoms. The third-order valence-electron chi connectivity index (χ3n) is 2.30. The number of hydrogen-bond acceptors (Lipinski definition) is 5. The second-order valence-corrected chi connectivity index (χ2v) is 5.98. The molecule has 0 aliphatic carbocycles. The minimum Gasteiger partial charge on any atom is -0.356 e. The summed E-state index contributed by atoms with van der Waals surface area (Å²) in [6.45, 7) is 2.62. The SMILES string of the molecule is C/C=C/CSc1nnc(NCc2ccc(F)cc2)s1. The molecule has 0 bridgehead atoms. The van der Waals surface area contributed by atoms with Gasteiger partial charge in [0.15, 0.2) is 4.34 Å². The Bertz CT molecular complexity index is 537. The number of hydrogen-bond donors (Lipinski definition) is 1. The molecule has 1 aromatic heterocycles. The zero-order valence-corrected chi connectivity index (χ0v) is 12.1. The predicted molar refractivity (Wildman–Crippen MR) is 79.2 cm³/mol. The average molecular weight is 295 g/mol. The van der Waals surface area contributed by atoms with Crippen LogP contribution < -0.4 is 5.32 Å². The molecule has 0 atom stereocenters. The monoisotopic (exact) mass is 295 g/mol. The standard InChI is InChI=1S/C13H14FN3S2/c1-2-3-8-18-13-17-16-12(19-13)15-9-10-4-6-11(14)7-5-10/h2-7H,8-9H2,1H3,(H,15,16)/b3-2+. The summed E-state index contributed by atoms with van der Waals surface area (Å²) < 4.78 is 13.7. The molecule has 0 saturated heterocycles. The van der Waals surface area contributed by atoms with E-state index < -0.39 is 0 Å². The molecule has 0 aliphatic heterocycles. The highest BCUT2D eigenvalue weighted by molar-refractivity contribution is 8.01. The Labute approximate surface area is 120 Å². The third-order valence-corrected chi connectivity index (χ3v) is 4.27. The van der Waals surface area contributed by atoms with E-state index in [1.54, 1.807) is 23.9 Å². The average Bonchev–Trinajstić information content (AvgIpc) is 2.86. The van der Waals surface area contributed by atoms with Crippen LogP contribution in [-0.4, -0.2) is 16.0 Å². The van der Waals surface area contributed by atoms with E-state index in [-0.39, 0.29) is 5.82 Å². The van der Waals surface area contributed by atoms with Gasteiger partial charge in [0.25, 0.3) is 0 Å². The number of anilines is 1. The van der Waals surface area contributed by atoms with Crippen molar-refractivity contribution in [2.45, 2.75) is 17.8 Å². The molecule has 0 unspecified atom stereocenters. The number of nitrogens with one attached hydrogen (secondary N) is 1. The van der Waals surface area contributed by atoms with Crippen molar-refractivity contribution in [3.63, 3.8) is 0 Å². The minimum absolute atomic E-state index is 0.220. The van der Waals surface area contributed by atoms with E-state index in [1.165, 1.54) is 23.5 Å². The van der Waals surface area contributed by atoms with Gasteiger partial charge in [-0.2, -0.15) is 0 Å². The summed E-state index contributed by atoms with van der Waals surface area (Å²) in [4.78, 5) is 0. The number of rotatable bonds is 6. The number of benzene rings is 1. The van der Waals surface area contributed by atoms with Gasteiger partial charge < -0.3 is 5.32 Å². The van der Waals surface area contributed by atoms with Crippen LogP contribution in [0.2, 0.25) is 0 Å². The fourth-order valence-electron chi connectivity index (χ4n) is 1.34. The van der Waals surface area contributed by atoms with Gasteiger partial charge in [0.05, 0.1) is 0 Å². The molecular formula is C13H14FN3S2. The van der Waals surface area contributed by atoms with Crippen molar-refractivity contribution in [2.75, 3.05) is 11.1 Å². The van der Waals surface area contributed by atoms with Crippen molar-refractivity contribution in [2.24, 2.45) is 0 Å². The van der Waals surface area contributed by atoms with Gasteiger partial charge >= 0.3 is 0 Å². The molecule has 1 N–H and O–H groups in total. The Morgan fingerprint density at radius 1 is 1.32 bits per heavy atom. The molecule has 3 nitrogen and oxygen atoms in total. The number of aromatic nitrogens is 2. The minimum atomic E-state index is -0.220. The second-order valence-electron chi connectivity index (χ2n) is 3.73. The molecule has 2 rings (SSSR count). The van der Waals surface area contributed by atoms with Crippen molar-refractivity contribution in [1.29, 1.82) is 0 Å².